The molecule has 0 unspecified atom stereocenters. The molecular weight excluding hydrogens is 433 g/mol. The summed E-state index contributed by atoms with van der Waals surface area (Å²) in [5.74, 6) is -1.79. The highest BCUT2D eigenvalue weighted by atomic mass is 32.2. The number of esters is 1. The van der Waals surface area contributed by atoms with Crippen molar-refractivity contribution in [2.45, 2.75) is 17.9 Å². The number of halogens is 1. The number of fused-ring (bicyclic) bond motifs is 1. The summed E-state index contributed by atoms with van der Waals surface area (Å²) in [6, 6.07) is 18.1. The van der Waals surface area contributed by atoms with E-state index < -0.39 is 34.2 Å². The van der Waals surface area contributed by atoms with Crippen LogP contribution >= 0.6 is 0 Å². The molecule has 0 N–H and O–H groups in total. The van der Waals surface area contributed by atoms with Gasteiger partial charge >= 0.3 is 5.97 Å². The number of benzene rings is 3. The molecule has 0 amide bonds. The third kappa shape index (κ3) is 4.61. The van der Waals surface area contributed by atoms with Gasteiger partial charge in [0.05, 0.1) is 10.5 Å². The van der Waals surface area contributed by atoms with Crippen molar-refractivity contribution >= 4 is 21.8 Å². The lowest BCUT2D eigenvalue weighted by atomic mass is 10.0. The summed E-state index contributed by atoms with van der Waals surface area (Å²) >= 11 is 0. The fourth-order valence-corrected chi connectivity index (χ4v) is 5.01. The quantitative estimate of drug-likeness (QED) is 0.421. The Hall–Kier alpha value is -3.36. The molecule has 164 valence electrons. The maximum Gasteiger partial charge on any atom is 0.338 e. The van der Waals surface area contributed by atoms with Crippen molar-refractivity contribution in [2.24, 2.45) is 0 Å². The fourth-order valence-electron chi connectivity index (χ4n) is 3.54. The van der Waals surface area contributed by atoms with Crippen molar-refractivity contribution in [3.63, 3.8) is 0 Å². The first-order chi connectivity index (χ1) is 15.3. The molecule has 1 aliphatic heterocycles. The maximum atomic E-state index is 13.1. The molecule has 0 saturated carbocycles. The van der Waals surface area contributed by atoms with Crippen LogP contribution in [-0.4, -0.2) is 37.6 Å². The average Bonchev–Trinajstić information content (AvgIpc) is 2.82. The number of carbonyl (C=O) groups is 2. The van der Waals surface area contributed by atoms with Gasteiger partial charge in [0.2, 0.25) is 10.0 Å². The molecular formula is C24H20FNO5S. The van der Waals surface area contributed by atoms with Crippen LogP contribution < -0.4 is 0 Å². The molecule has 0 radical (unpaired) electrons. The molecule has 1 heterocycles. The number of hydrogen-bond acceptors (Lipinski definition) is 5. The number of hydrogen-bond donors (Lipinski definition) is 0. The third-order valence-corrected chi connectivity index (χ3v) is 7.14. The summed E-state index contributed by atoms with van der Waals surface area (Å²) in [4.78, 5) is 24.5. The number of sulfonamides is 1. The molecule has 0 saturated heterocycles. The molecule has 32 heavy (non-hydrogen) atoms. The molecule has 0 aromatic heterocycles. The predicted octanol–water partition coefficient (Wildman–Crippen LogP) is 3.61. The van der Waals surface area contributed by atoms with E-state index in [2.05, 4.69) is 0 Å². The molecule has 0 atom stereocenters. The monoisotopic (exact) mass is 453 g/mol. The Kier molecular flexibility index (Phi) is 6.16. The third-order valence-electron chi connectivity index (χ3n) is 5.30. The first kappa shape index (κ1) is 21.9. The standard InChI is InChI=1S/C24H20FNO5S/c25-21-10-8-18(9-11-21)23(27)16-31-24(28)19-6-3-7-22(14-19)32(29,30)26-13-12-17-4-1-2-5-20(17)15-26/h1-11,14H,12-13,15-16H2. The van der Waals surface area contributed by atoms with Gasteiger partial charge in [-0.1, -0.05) is 30.3 Å². The topological polar surface area (TPSA) is 80.8 Å². The van der Waals surface area contributed by atoms with E-state index in [1.165, 1.54) is 40.7 Å². The van der Waals surface area contributed by atoms with Gasteiger partial charge in [0.25, 0.3) is 0 Å². The first-order valence-electron chi connectivity index (χ1n) is 9.97. The zero-order valence-electron chi connectivity index (χ0n) is 17.0. The van der Waals surface area contributed by atoms with Crippen molar-refractivity contribution in [1.82, 2.24) is 4.31 Å². The normalized spacial score (nSPS) is 13.9. The molecule has 1 aliphatic rings. The Morgan fingerprint density at radius 2 is 1.62 bits per heavy atom. The second-order valence-electron chi connectivity index (χ2n) is 7.39. The zero-order valence-corrected chi connectivity index (χ0v) is 17.8. The summed E-state index contributed by atoms with van der Waals surface area (Å²) in [6.45, 7) is 0.0733. The molecule has 0 fully saturated rings. The van der Waals surface area contributed by atoms with Crippen molar-refractivity contribution in [2.75, 3.05) is 13.2 Å². The second kappa shape index (κ2) is 9.02. The number of carbonyl (C=O) groups excluding carboxylic acids is 2. The molecule has 6 nitrogen and oxygen atoms in total. The molecule has 0 aliphatic carbocycles. The highest BCUT2D eigenvalue weighted by Crippen LogP contribution is 2.25. The molecule has 8 heteroatoms. The minimum atomic E-state index is -3.82. The molecule has 4 rings (SSSR count). The van der Waals surface area contributed by atoms with Gasteiger partial charge in [0.1, 0.15) is 5.82 Å². The summed E-state index contributed by atoms with van der Waals surface area (Å²) in [5.41, 5.74) is 2.32. The molecule has 0 bridgehead atoms. The van der Waals surface area contributed by atoms with Gasteiger partial charge < -0.3 is 4.74 Å². The van der Waals surface area contributed by atoms with E-state index in [-0.39, 0.29) is 22.6 Å². The van der Waals surface area contributed by atoms with Crippen LogP contribution in [-0.2, 0) is 27.7 Å². The SMILES string of the molecule is O=C(COC(=O)c1cccc(S(=O)(=O)N2CCc3ccccc3C2)c1)c1ccc(F)cc1. The van der Waals surface area contributed by atoms with Crippen LogP contribution in [0.3, 0.4) is 0 Å². The Balaban J connectivity index is 1.46. The van der Waals surface area contributed by atoms with Crippen LogP contribution in [0.5, 0.6) is 0 Å². The van der Waals surface area contributed by atoms with Crippen LogP contribution in [0.4, 0.5) is 4.39 Å². The van der Waals surface area contributed by atoms with E-state index in [0.717, 1.165) is 23.3 Å². The number of rotatable bonds is 6. The van der Waals surface area contributed by atoms with Crippen molar-refractivity contribution < 1.29 is 27.1 Å². The Morgan fingerprint density at radius 3 is 2.38 bits per heavy atom. The zero-order chi connectivity index (χ0) is 22.7. The van der Waals surface area contributed by atoms with E-state index >= 15 is 0 Å². The van der Waals surface area contributed by atoms with E-state index in [1.54, 1.807) is 0 Å². The summed E-state index contributed by atoms with van der Waals surface area (Å²) < 4.78 is 45.7. The van der Waals surface area contributed by atoms with Crippen LogP contribution in [0, 0.1) is 5.82 Å². The van der Waals surface area contributed by atoms with Crippen LogP contribution in [0.25, 0.3) is 0 Å². The van der Waals surface area contributed by atoms with E-state index in [4.69, 9.17) is 4.74 Å². The van der Waals surface area contributed by atoms with Crippen molar-refractivity contribution in [3.8, 4) is 0 Å². The second-order valence-corrected chi connectivity index (χ2v) is 9.33. The van der Waals surface area contributed by atoms with Crippen molar-refractivity contribution in [1.29, 1.82) is 0 Å². The smallest absolute Gasteiger partial charge is 0.338 e. The Labute approximate surface area is 185 Å². The minimum absolute atomic E-state index is 0.0174. The van der Waals surface area contributed by atoms with Crippen LogP contribution in [0.15, 0.2) is 77.7 Å². The Morgan fingerprint density at radius 1 is 0.906 bits per heavy atom. The van der Waals surface area contributed by atoms with Crippen LogP contribution in [0.1, 0.15) is 31.8 Å². The lowest BCUT2D eigenvalue weighted by Gasteiger charge is -2.28. The van der Waals surface area contributed by atoms with E-state index in [9.17, 15) is 22.4 Å². The fraction of sp³-hybridized carbons (Fsp3) is 0.167. The van der Waals surface area contributed by atoms with E-state index in [0.29, 0.717) is 13.0 Å². The highest BCUT2D eigenvalue weighted by molar-refractivity contribution is 7.89. The summed E-state index contributed by atoms with van der Waals surface area (Å²) in [6.07, 6.45) is 0.614. The first-order valence-corrected chi connectivity index (χ1v) is 11.4. The molecule has 3 aromatic carbocycles. The average molecular weight is 453 g/mol. The molecule has 3 aromatic rings. The van der Waals surface area contributed by atoms with Crippen molar-refractivity contribution in [3.05, 3.63) is 101 Å². The van der Waals surface area contributed by atoms with Gasteiger partial charge in [-0.3, -0.25) is 4.79 Å². The van der Waals surface area contributed by atoms with Gasteiger partial charge in [0, 0.05) is 18.7 Å². The largest absolute Gasteiger partial charge is 0.454 e. The van der Waals surface area contributed by atoms with Gasteiger partial charge in [-0.05, 0) is 60.0 Å². The lowest BCUT2D eigenvalue weighted by molar-refractivity contribution is 0.0474. The molecule has 0 spiro atoms. The highest BCUT2D eigenvalue weighted by Gasteiger charge is 2.28. The number of nitrogens with zero attached hydrogens (tertiary/aromatic N) is 1. The number of Topliss-reactive ketones (excluding diaryl/α,β-unsaturated/α-hetero) is 1. The van der Waals surface area contributed by atoms with Gasteiger partial charge in [-0.15, -0.1) is 0 Å². The predicted molar refractivity (Wildman–Crippen MR) is 115 cm³/mol. The number of ether oxygens (including phenoxy) is 1. The van der Waals surface area contributed by atoms with Gasteiger partial charge in [-0.25, -0.2) is 17.6 Å². The number of ketones is 1. The van der Waals surface area contributed by atoms with Crippen LogP contribution in [0.2, 0.25) is 0 Å². The van der Waals surface area contributed by atoms with E-state index in [1.807, 2.05) is 24.3 Å². The lowest BCUT2D eigenvalue weighted by Crippen LogP contribution is -2.36. The minimum Gasteiger partial charge on any atom is -0.454 e. The summed E-state index contributed by atoms with van der Waals surface area (Å²) in [5, 5.41) is 0. The Bertz CT molecular complexity index is 1270. The summed E-state index contributed by atoms with van der Waals surface area (Å²) in [7, 11) is -3.82. The van der Waals surface area contributed by atoms with Gasteiger partial charge in [0.15, 0.2) is 12.4 Å². The maximum absolute atomic E-state index is 13.1. The van der Waals surface area contributed by atoms with Gasteiger partial charge in [-0.2, -0.15) is 4.31 Å².